The van der Waals surface area contributed by atoms with Gasteiger partial charge in [0.15, 0.2) is 0 Å². The maximum absolute atomic E-state index is 11.5. The second kappa shape index (κ2) is 7.38. The van der Waals surface area contributed by atoms with Crippen LogP contribution in [0.5, 0.6) is 5.75 Å². The number of imide groups is 1. The summed E-state index contributed by atoms with van der Waals surface area (Å²) in [6.07, 6.45) is 0. The molecule has 0 saturated carbocycles. The molecule has 0 heterocycles. The fraction of sp³-hybridized carbons (Fsp3) is 0.385. The molecule has 1 rings (SSSR count). The normalized spacial score (nSPS) is 11.9. The molecule has 0 aliphatic heterocycles. The molecule has 0 aliphatic carbocycles. The smallest absolute Gasteiger partial charge is 0.318 e. The number of amides is 3. The molecule has 3 N–H and O–H groups in total. The van der Waals surface area contributed by atoms with Crippen molar-refractivity contribution < 1.29 is 14.3 Å². The zero-order valence-electron chi connectivity index (χ0n) is 11.1. The molecule has 6 nitrogen and oxygen atoms in total. The molecule has 19 heavy (non-hydrogen) atoms. The molecule has 0 radical (unpaired) electrons. The lowest BCUT2D eigenvalue weighted by atomic mass is 10.3. The number of likely N-dealkylation sites (N-methyl/N-ethyl adjacent to an activating group) is 1. The van der Waals surface area contributed by atoms with Crippen molar-refractivity contribution in [3.8, 4) is 5.75 Å². The summed E-state index contributed by atoms with van der Waals surface area (Å²) in [6, 6.07) is 8.13. The van der Waals surface area contributed by atoms with E-state index in [0.717, 1.165) is 5.75 Å². The quantitative estimate of drug-likeness (QED) is 0.788. The number of rotatable bonds is 6. The van der Waals surface area contributed by atoms with Gasteiger partial charge in [-0.25, -0.2) is 4.79 Å². The summed E-state index contributed by atoms with van der Waals surface area (Å²) in [5, 5.41) is 2.05. The minimum Gasteiger partial charge on any atom is -0.492 e. The van der Waals surface area contributed by atoms with Crippen molar-refractivity contribution in [3.63, 3.8) is 0 Å². The van der Waals surface area contributed by atoms with Gasteiger partial charge in [0.25, 0.3) is 0 Å². The molecule has 1 atom stereocenters. The first-order chi connectivity index (χ1) is 9.00. The second-order valence-corrected chi connectivity index (χ2v) is 4.17. The Bertz CT molecular complexity index is 422. The number of hydrogen-bond acceptors (Lipinski definition) is 4. The van der Waals surface area contributed by atoms with Crippen LogP contribution in [0.3, 0.4) is 0 Å². The van der Waals surface area contributed by atoms with Crippen molar-refractivity contribution >= 4 is 11.9 Å². The molecule has 0 fully saturated rings. The number of urea groups is 1. The van der Waals surface area contributed by atoms with Crippen LogP contribution in [0.25, 0.3) is 0 Å². The van der Waals surface area contributed by atoms with Gasteiger partial charge in [-0.2, -0.15) is 0 Å². The lowest BCUT2D eigenvalue weighted by molar-refractivity contribution is -0.124. The summed E-state index contributed by atoms with van der Waals surface area (Å²) in [5.74, 6) is 0.361. The van der Waals surface area contributed by atoms with E-state index in [1.807, 2.05) is 35.6 Å². The van der Waals surface area contributed by atoms with Crippen molar-refractivity contribution in [1.82, 2.24) is 10.2 Å². The predicted molar refractivity (Wildman–Crippen MR) is 71.8 cm³/mol. The molecule has 0 aromatic heterocycles. The third kappa shape index (κ3) is 5.39. The Balaban J connectivity index is 2.32. The van der Waals surface area contributed by atoms with Gasteiger partial charge in [0.05, 0.1) is 6.04 Å². The van der Waals surface area contributed by atoms with E-state index in [1.54, 1.807) is 18.9 Å². The topological polar surface area (TPSA) is 84.7 Å². The number of hydrogen-bond donors (Lipinski definition) is 2. The number of benzene rings is 1. The number of carbonyl (C=O) groups excluding carboxylic acids is 2. The van der Waals surface area contributed by atoms with Crippen molar-refractivity contribution in [3.05, 3.63) is 30.3 Å². The van der Waals surface area contributed by atoms with Crippen LogP contribution in [0.2, 0.25) is 0 Å². The average molecular weight is 265 g/mol. The Labute approximate surface area is 112 Å². The Hall–Kier alpha value is -2.08. The van der Waals surface area contributed by atoms with E-state index in [1.165, 1.54) is 0 Å². The predicted octanol–water partition coefficient (Wildman–Crippen LogP) is 0.581. The summed E-state index contributed by atoms with van der Waals surface area (Å²) in [5.41, 5.74) is 4.89. The fourth-order valence-electron chi connectivity index (χ4n) is 1.44. The number of para-hydroxylation sites is 1. The Morgan fingerprint density at radius 3 is 2.58 bits per heavy atom. The van der Waals surface area contributed by atoms with Gasteiger partial charge in [-0.15, -0.1) is 0 Å². The zero-order chi connectivity index (χ0) is 14.3. The maximum atomic E-state index is 11.5. The average Bonchev–Trinajstić information content (AvgIpc) is 2.38. The minimum absolute atomic E-state index is 0.422. The van der Waals surface area contributed by atoms with Crippen LogP contribution in [-0.4, -0.2) is 43.1 Å². The van der Waals surface area contributed by atoms with Gasteiger partial charge in [0, 0.05) is 6.54 Å². The molecule has 0 bridgehead atoms. The molecule has 0 spiro atoms. The highest BCUT2D eigenvalue weighted by Gasteiger charge is 2.18. The van der Waals surface area contributed by atoms with Gasteiger partial charge >= 0.3 is 6.03 Å². The van der Waals surface area contributed by atoms with Crippen LogP contribution in [0, 0.1) is 0 Å². The van der Waals surface area contributed by atoms with E-state index in [-0.39, 0.29) is 0 Å². The standard InChI is InChI=1S/C13H19N3O3/c1-10(12(17)15-13(14)18)16(2)8-9-19-11-6-4-3-5-7-11/h3-7,10H,8-9H2,1-2H3,(H3,14,15,17,18)/t10-/m1/s1. The number of nitrogens with two attached hydrogens (primary N) is 1. The van der Waals surface area contributed by atoms with Gasteiger partial charge in [-0.3, -0.25) is 15.0 Å². The van der Waals surface area contributed by atoms with E-state index in [4.69, 9.17) is 10.5 Å². The minimum atomic E-state index is -0.842. The fourth-order valence-corrected chi connectivity index (χ4v) is 1.44. The summed E-state index contributed by atoms with van der Waals surface area (Å²) in [4.78, 5) is 23.9. The zero-order valence-corrected chi connectivity index (χ0v) is 11.1. The van der Waals surface area contributed by atoms with Gasteiger partial charge in [0.1, 0.15) is 12.4 Å². The largest absolute Gasteiger partial charge is 0.492 e. The van der Waals surface area contributed by atoms with E-state index < -0.39 is 18.0 Å². The maximum Gasteiger partial charge on any atom is 0.318 e. The van der Waals surface area contributed by atoms with Crippen molar-refractivity contribution in [2.75, 3.05) is 20.2 Å². The summed E-state index contributed by atoms with van der Waals surface area (Å²) in [6.45, 7) is 2.71. The Morgan fingerprint density at radius 1 is 1.37 bits per heavy atom. The first kappa shape index (κ1) is 15.0. The number of nitrogens with one attached hydrogen (secondary N) is 1. The van der Waals surface area contributed by atoms with Crippen molar-refractivity contribution in [2.24, 2.45) is 5.73 Å². The van der Waals surface area contributed by atoms with Crippen LogP contribution < -0.4 is 15.8 Å². The van der Waals surface area contributed by atoms with E-state index in [9.17, 15) is 9.59 Å². The third-order valence-corrected chi connectivity index (χ3v) is 2.74. The third-order valence-electron chi connectivity index (χ3n) is 2.74. The first-order valence-electron chi connectivity index (χ1n) is 5.99. The summed E-state index contributed by atoms with van der Waals surface area (Å²) in [7, 11) is 1.78. The van der Waals surface area contributed by atoms with Crippen molar-refractivity contribution in [1.29, 1.82) is 0 Å². The molecule has 1 aromatic rings. The molecule has 3 amide bonds. The van der Waals surface area contributed by atoms with Crippen molar-refractivity contribution in [2.45, 2.75) is 13.0 Å². The lowest BCUT2D eigenvalue weighted by Gasteiger charge is -2.23. The summed E-state index contributed by atoms with van der Waals surface area (Å²) < 4.78 is 5.52. The number of ether oxygens (including phenoxy) is 1. The Morgan fingerprint density at radius 2 is 2.00 bits per heavy atom. The van der Waals surface area contributed by atoms with Crippen LogP contribution in [0.1, 0.15) is 6.92 Å². The number of nitrogens with zero attached hydrogens (tertiary/aromatic N) is 1. The summed E-state index contributed by atoms with van der Waals surface area (Å²) >= 11 is 0. The molecule has 104 valence electrons. The molecule has 6 heteroatoms. The molecule has 0 aliphatic rings. The van der Waals surface area contributed by atoms with E-state index in [0.29, 0.717) is 13.2 Å². The highest BCUT2D eigenvalue weighted by atomic mass is 16.5. The van der Waals surface area contributed by atoms with E-state index in [2.05, 4.69) is 0 Å². The molecule has 0 saturated heterocycles. The number of primary amides is 1. The molecule has 1 aromatic carbocycles. The second-order valence-electron chi connectivity index (χ2n) is 4.17. The number of carbonyl (C=O) groups is 2. The highest BCUT2D eigenvalue weighted by molar-refractivity contribution is 5.96. The van der Waals surface area contributed by atoms with Crippen LogP contribution >= 0.6 is 0 Å². The van der Waals surface area contributed by atoms with Crippen LogP contribution in [0.15, 0.2) is 30.3 Å². The van der Waals surface area contributed by atoms with Gasteiger partial charge in [-0.05, 0) is 26.1 Å². The molecule has 0 unspecified atom stereocenters. The monoisotopic (exact) mass is 265 g/mol. The van der Waals surface area contributed by atoms with E-state index >= 15 is 0 Å². The van der Waals surface area contributed by atoms with Gasteiger partial charge in [-0.1, -0.05) is 18.2 Å². The first-order valence-corrected chi connectivity index (χ1v) is 5.99. The SMILES string of the molecule is C[C@H](C(=O)NC(N)=O)N(C)CCOc1ccccc1. The van der Waals surface area contributed by atoms with Gasteiger partial charge in [0.2, 0.25) is 5.91 Å². The lowest BCUT2D eigenvalue weighted by Crippen LogP contribution is -2.47. The molecular weight excluding hydrogens is 246 g/mol. The Kier molecular flexibility index (Phi) is 5.81. The van der Waals surface area contributed by atoms with Crippen LogP contribution in [0.4, 0.5) is 4.79 Å². The highest BCUT2D eigenvalue weighted by Crippen LogP contribution is 2.08. The van der Waals surface area contributed by atoms with Crippen LogP contribution in [-0.2, 0) is 4.79 Å². The van der Waals surface area contributed by atoms with Gasteiger partial charge < -0.3 is 10.5 Å². The molecular formula is C13H19N3O3.